The van der Waals surface area contributed by atoms with E-state index in [0.29, 0.717) is 27.8 Å². The van der Waals surface area contributed by atoms with E-state index in [0.717, 1.165) is 12.3 Å². The Labute approximate surface area is 144 Å². The van der Waals surface area contributed by atoms with E-state index in [1.54, 1.807) is 18.2 Å². The summed E-state index contributed by atoms with van der Waals surface area (Å²) in [6.45, 7) is 0. The van der Waals surface area contributed by atoms with Crippen LogP contribution in [-0.2, 0) is 16.3 Å². The Hall–Kier alpha value is -2.54. The maximum atomic E-state index is 14.0. The SMILES string of the molecule is COc1ccc2nc(S(C)(=O)=O)ccc2c1Cc1ccc(F)cc1F. The average Bonchev–Trinajstić information content (AvgIpc) is 2.56. The van der Waals surface area contributed by atoms with Crippen molar-refractivity contribution >= 4 is 20.7 Å². The molecular weight excluding hydrogens is 348 g/mol. The third-order valence-corrected chi connectivity index (χ3v) is 4.88. The Bertz CT molecular complexity index is 1070. The molecule has 0 bridgehead atoms. The number of pyridine rings is 1. The summed E-state index contributed by atoms with van der Waals surface area (Å²) in [4.78, 5) is 4.16. The van der Waals surface area contributed by atoms with Crippen LogP contribution in [0, 0.1) is 11.6 Å². The molecule has 1 aromatic heterocycles. The van der Waals surface area contributed by atoms with Crippen LogP contribution in [0.5, 0.6) is 5.75 Å². The number of rotatable bonds is 4. The van der Waals surface area contributed by atoms with Crippen molar-refractivity contribution in [2.24, 2.45) is 0 Å². The van der Waals surface area contributed by atoms with Gasteiger partial charge in [0.25, 0.3) is 0 Å². The lowest BCUT2D eigenvalue weighted by Gasteiger charge is -2.13. The van der Waals surface area contributed by atoms with E-state index in [9.17, 15) is 17.2 Å². The van der Waals surface area contributed by atoms with Crippen LogP contribution >= 0.6 is 0 Å². The maximum absolute atomic E-state index is 14.0. The molecule has 0 unspecified atom stereocenters. The molecule has 0 spiro atoms. The van der Waals surface area contributed by atoms with Crippen molar-refractivity contribution < 1.29 is 21.9 Å². The molecule has 1 heterocycles. The van der Waals surface area contributed by atoms with Gasteiger partial charge in [0, 0.05) is 29.7 Å². The van der Waals surface area contributed by atoms with Crippen molar-refractivity contribution in [1.82, 2.24) is 4.98 Å². The first-order chi connectivity index (χ1) is 11.8. The maximum Gasteiger partial charge on any atom is 0.192 e. The summed E-state index contributed by atoms with van der Waals surface area (Å²) < 4.78 is 55.8. The molecule has 0 saturated carbocycles. The molecule has 25 heavy (non-hydrogen) atoms. The quantitative estimate of drug-likeness (QED) is 0.712. The number of hydrogen-bond acceptors (Lipinski definition) is 4. The van der Waals surface area contributed by atoms with Gasteiger partial charge in [-0.3, -0.25) is 0 Å². The Morgan fingerprint density at radius 3 is 2.48 bits per heavy atom. The van der Waals surface area contributed by atoms with Crippen LogP contribution in [0.2, 0.25) is 0 Å². The fraction of sp³-hybridized carbons (Fsp3) is 0.167. The molecule has 0 saturated heterocycles. The van der Waals surface area contributed by atoms with E-state index in [-0.39, 0.29) is 11.4 Å². The molecule has 3 rings (SSSR count). The second kappa shape index (κ2) is 6.40. The molecule has 0 aliphatic heterocycles. The number of sulfone groups is 1. The topological polar surface area (TPSA) is 56.3 Å². The summed E-state index contributed by atoms with van der Waals surface area (Å²) >= 11 is 0. The summed E-state index contributed by atoms with van der Waals surface area (Å²) in [6.07, 6.45) is 1.24. The minimum atomic E-state index is -3.44. The van der Waals surface area contributed by atoms with Gasteiger partial charge in [-0.25, -0.2) is 22.2 Å². The van der Waals surface area contributed by atoms with E-state index in [1.807, 2.05) is 0 Å². The van der Waals surface area contributed by atoms with Gasteiger partial charge in [0.05, 0.1) is 12.6 Å². The zero-order valence-corrected chi connectivity index (χ0v) is 14.4. The molecule has 0 amide bonds. The standard InChI is InChI=1S/C18H15F2NO3S/c1-24-17-7-6-16-13(5-8-18(21-16)25(2,22)23)14(17)9-11-3-4-12(19)10-15(11)20/h3-8,10H,9H2,1-2H3. The van der Waals surface area contributed by atoms with Crippen LogP contribution in [0.3, 0.4) is 0 Å². The smallest absolute Gasteiger partial charge is 0.192 e. The highest BCUT2D eigenvalue weighted by molar-refractivity contribution is 7.90. The molecular formula is C18H15F2NO3S. The molecule has 0 atom stereocenters. The first kappa shape index (κ1) is 17.3. The highest BCUT2D eigenvalue weighted by atomic mass is 32.2. The number of benzene rings is 2. The van der Waals surface area contributed by atoms with E-state index >= 15 is 0 Å². The van der Waals surface area contributed by atoms with Crippen LogP contribution in [0.1, 0.15) is 11.1 Å². The number of methoxy groups -OCH3 is 1. The lowest BCUT2D eigenvalue weighted by atomic mass is 9.99. The molecule has 2 aromatic carbocycles. The molecule has 4 nitrogen and oxygen atoms in total. The van der Waals surface area contributed by atoms with Crippen LogP contribution < -0.4 is 4.74 Å². The van der Waals surface area contributed by atoms with Crippen LogP contribution in [0.25, 0.3) is 10.9 Å². The van der Waals surface area contributed by atoms with Crippen molar-refractivity contribution in [2.75, 3.05) is 13.4 Å². The number of ether oxygens (including phenoxy) is 1. The van der Waals surface area contributed by atoms with Gasteiger partial charge < -0.3 is 4.74 Å². The largest absolute Gasteiger partial charge is 0.496 e. The third-order valence-electron chi connectivity index (χ3n) is 3.90. The fourth-order valence-electron chi connectivity index (χ4n) is 2.66. The lowest BCUT2D eigenvalue weighted by Crippen LogP contribution is -2.02. The first-order valence-electron chi connectivity index (χ1n) is 7.40. The van der Waals surface area contributed by atoms with Crippen molar-refractivity contribution in [2.45, 2.75) is 11.4 Å². The molecule has 0 radical (unpaired) electrons. The average molecular weight is 363 g/mol. The van der Waals surface area contributed by atoms with Gasteiger partial charge in [-0.15, -0.1) is 0 Å². The van der Waals surface area contributed by atoms with Crippen molar-refractivity contribution in [1.29, 1.82) is 0 Å². The molecule has 0 aliphatic carbocycles. The lowest BCUT2D eigenvalue weighted by molar-refractivity contribution is 0.411. The highest BCUT2D eigenvalue weighted by Gasteiger charge is 2.15. The van der Waals surface area contributed by atoms with E-state index in [4.69, 9.17) is 4.74 Å². The Morgan fingerprint density at radius 2 is 1.84 bits per heavy atom. The van der Waals surface area contributed by atoms with Crippen molar-refractivity contribution in [3.63, 3.8) is 0 Å². The second-order valence-electron chi connectivity index (χ2n) is 5.65. The van der Waals surface area contributed by atoms with Gasteiger partial charge >= 0.3 is 0 Å². The second-order valence-corrected chi connectivity index (χ2v) is 7.61. The van der Waals surface area contributed by atoms with Crippen LogP contribution in [-0.4, -0.2) is 26.8 Å². The van der Waals surface area contributed by atoms with Gasteiger partial charge in [-0.2, -0.15) is 0 Å². The Morgan fingerprint density at radius 1 is 1.08 bits per heavy atom. The van der Waals surface area contributed by atoms with E-state index in [2.05, 4.69) is 4.98 Å². The molecule has 0 fully saturated rings. The van der Waals surface area contributed by atoms with E-state index in [1.165, 1.54) is 25.3 Å². The number of hydrogen-bond donors (Lipinski definition) is 0. The summed E-state index contributed by atoms with van der Waals surface area (Å²) in [5.74, 6) is -0.782. The summed E-state index contributed by atoms with van der Waals surface area (Å²) in [7, 11) is -1.95. The zero-order chi connectivity index (χ0) is 18.2. The normalized spacial score (nSPS) is 11.7. The Balaban J connectivity index is 2.18. The van der Waals surface area contributed by atoms with E-state index < -0.39 is 21.5 Å². The molecule has 7 heteroatoms. The van der Waals surface area contributed by atoms with Crippen LogP contribution in [0.4, 0.5) is 8.78 Å². The number of aromatic nitrogens is 1. The van der Waals surface area contributed by atoms with Crippen molar-refractivity contribution in [3.8, 4) is 5.75 Å². The summed E-state index contributed by atoms with van der Waals surface area (Å²) in [5, 5.41) is 0.611. The minimum Gasteiger partial charge on any atom is -0.496 e. The van der Waals surface area contributed by atoms with Gasteiger partial charge in [0.1, 0.15) is 17.4 Å². The monoisotopic (exact) mass is 363 g/mol. The van der Waals surface area contributed by atoms with Gasteiger partial charge in [0.15, 0.2) is 14.9 Å². The predicted octanol–water partition coefficient (Wildman–Crippen LogP) is 3.52. The number of halogens is 2. The summed E-state index contributed by atoms with van der Waals surface area (Å²) in [5.41, 5.74) is 1.42. The fourth-order valence-corrected chi connectivity index (χ4v) is 3.24. The van der Waals surface area contributed by atoms with Gasteiger partial charge in [-0.05, 0) is 35.9 Å². The first-order valence-corrected chi connectivity index (χ1v) is 9.29. The minimum absolute atomic E-state index is 0.0379. The molecule has 3 aromatic rings. The van der Waals surface area contributed by atoms with Crippen LogP contribution in [0.15, 0.2) is 47.5 Å². The summed E-state index contributed by atoms with van der Waals surface area (Å²) in [6, 6.07) is 9.72. The molecule has 0 aliphatic rings. The van der Waals surface area contributed by atoms with Crippen molar-refractivity contribution in [3.05, 3.63) is 65.2 Å². The highest BCUT2D eigenvalue weighted by Crippen LogP contribution is 2.30. The third kappa shape index (κ3) is 3.46. The molecule has 130 valence electrons. The molecule has 0 N–H and O–H groups in total. The van der Waals surface area contributed by atoms with Gasteiger partial charge in [0.2, 0.25) is 0 Å². The number of fused-ring (bicyclic) bond motifs is 1. The van der Waals surface area contributed by atoms with Gasteiger partial charge in [-0.1, -0.05) is 6.07 Å². The predicted molar refractivity (Wildman–Crippen MR) is 90.6 cm³/mol. The Kier molecular flexibility index (Phi) is 4.43. The number of nitrogens with zero attached hydrogens (tertiary/aromatic N) is 1. The zero-order valence-electron chi connectivity index (χ0n) is 13.6.